The summed E-state index contributed by atoms with van der Waals surface area (Å²) in [5, 5.41) is 41.8. The molecule has 4 N–H and O–H groups in total. The van der Waals surface area contributed by atoms with Crippen molar-refractivity contribution in [3.63, 3.8) is 0 Å². The first-order chi connectivity index (χ1) is 11.4. The number of nitrogens with zero attached hydrogens (tertiary/aromatic N) is 1. The third-order valence-electron chi connectivity index (χ3n) is 3.50. The summed E-state index contributed by atoms with van der Waals surface area (Å²) in [5.41, 5.74) is 0.798. The Balaban J connectivity index is 2.11. The van der Waals surface area contributed by atoms with Crippen LogP contribution in [0.2, 0.25) is 0 Å². The van der Waals surface area contributed by atoms with Gasteiger partial charge in [0.2, 0.25) is 0 Å². The van der Waals surface area contributed by atoms with Gasteiger partial charge in [-0.1, -0.05) is 24.3 Å². The van der Waals surface area contributed by atoms with Crippen LogP contribution in [0.15, 0.2) is 42.5 Å². The lowest BCUT2D eigenvalue weighted by Gasteiger charge is -2.15. The fourth-order valence-electron chi connectivity index (χ4n) is 2.25. The highest BCUT2D eigenvalue weighted by Gasteiger charge is 2.20. The molecule has 0 aliphatic rings. The first-order valence-corrected chi connectivity index (χ1v) is 7.08. The SMILES string of the molecule is O=C(O)[C@H](Cc1ccc(O)c(O)c1)NCc1ccccc1[N+](=O)[O-]. The molecule has 8 nitrogen and oxygen atoms in total. The lowest BCUT2D eigenvalue weighted by molar-refractivity contribution is -0.385. The highest BCUT2D eigenvalue weighted by atomic mass is 16.6. The van der Waals surface area contributed by atoms with E-state index in [1.807, 2.05) is 0 Å². The van der Waals surface area contributed by atoms with E-state index in [4.69, 9.17) is 0 Å². The fraction of sp³-hybridized carbons (Fsp3) is 0.188. The average molecular weight is 332 g/mol. The van der Waals surface area contributed by atoms with Gasteiger partial charge < -0.3 is 15.3 Å². The number of phenols is 2. The molecule has 2 aromatic rings. The van der Waals surface area contributed by atoms with Gasteiger partial charge in [0, 0.05) is 18.2 Å². The van der Waals surface area contributed by atoms with Crippen molar-refractivity contribution in [3.8, 4) is 11.5 Å². The standard InChI is InChI=1S/C16H16N2O6/c19-14-6-5-10(8-15(14)20)7-12(16(21)22)17-9-11-3-1-2-4-13(11)18(23)24/h1-6,8,12,17,19-20H,7,9H2,(H,21,22)/t12-/m0/s1. The van der Waals surface area contributed by atoms with Crippen LogP contribution < -0.4 is 5.32 Å². The number of benzene rings is 2. The van der Waals surface area contributed by atoms with Gasteiger partial charge in [0.1, 0.15) is 6.04 Å². The van der Waals surface area contributed by atoms with Crippen LogP contribution in [0.3, 0.4) is 0 Å². The Morgan fingerprint density at radius 1 is 1.17 bits per heavy atom. The number of nitrogens with one attached hydrogen (secondary N) is 1. The van der Waals surface area contributed by atoms with Crippen LogP contribution in [-0.4, -0.2) is 32.3 Å². The Bertz CT molecular complexity index is 762. The number of carbonyl (C=O) groups is 1. The summed E-state index contributed by atoms with van der Waals surface area (Å²) in [4.78, 5) is 21.8. The summed E-state index contributed by atoms with van der Waals surface area (Å²) >= 11 is 0. The van der Waals surface area contributed by atoms with E-state index in [1.165, 1.54) is 30.3 Å². The molecule has 126 valence electrons. The van der Waals surface area contributed by atoms with Crippen LogP contribution in [0.25, 0.3) is 0 Å². The van der Waals surface area contributed by atoms with Crippen molar-refractivity contribution in [1.82, 2.24) is 5.32 Å². The summed E-state index contributed by atoms with van der Waals surface area (Å²) in [6.45, 7) is 0.0121. The molecule has 0 spiro atoms. The molecule has 0 amide bonds. The minimum Gasteiger partial charge on any atom is -0.504 e. The van der Waals surface area contributed by atoms with Crippen molar-refractivity contribution in [2.75, 3.05) is 0 Å². The van der Waals surface area contributed by atoms with Gasteiger partial charge in [-0.05, 0) is 24.1 Å². The molecule has 0 radical (unpaired) electrons. The normalized spacial score (nSPS) is 11.8. The number of aliphatic carboxylic acids is 1. The molecule has 2 aromatic carbocycles. The number of rotatable bonds is 7. The molecule has 8 heteroatoms. The van der Waals surface area contributed by atoms with Crippen molar-refractivity contribution >= 4 is 11.7 Å². The number of hydrogen-bond donors (Lipinski definition) is 4. The lowest BCUT2D eigenvalue weighted by atomic mass is 10.0. The molecular formula is C16H16N2O6. The third kappa shape index (κ3) is 4.20. The highest BCUT2D eigenvalue weighted by molar-refractivity contribution is 5.74. The lowest BCUT2D eigenvalue weighted by Crippen LogP contribution is -2.38. The summed E-state index contributed by atoms with van der Waals surface area (Å²) in [7, 11) is 0. The summed E-state index contributed by atoms with van der Waals surface area (Å²) < 4.78 is 0. The van der Waals surface area contributed by atoms with Gasteiger partial charge in [-0.15, -0.1) is 0 Å². The molecule has 0 aromatic heterocycles. The predicted octanol–water partition coefficient (Wildman–Crippen LogP) is 1.79. The Morgan fingerprint density at radius 2 is 1.88 bits per heavy atom. The van der Waals surface area contributed by atoms with Gasteiger partial charge >= 0.3 is 5.97 Å². The Labute approximate surface area is 137 Å². The second kappa shape index (κ2) is 7.42. The van der Waals surface area contributed by atoms with E-state index in [9.17, 15) is 30.2 Å². The van der Waals surface area contributed by atoms with Crippen molar-refractivity contribution in [3.05, 3.63) is 63.7 Å². The van der Waals surface area contributed by atoms with E-state index in [1.54, 1.807) is 12.1 Å². The van der Waals surface area contributed by atoms with E-state index in [2.05, 4.69) is 5.32 Å². The van der Waals surface area contributed by atoms with E-state index >= 15 is 0 Å². The second-order valence-corrected chi connectivity index (χ2v) is 5.18. The van der Waals surface area contributed by atoms with Crippen LogP contribution in [0.5, 0.6) is 11.5 Å². The van der Waals surface area contributed by atoms with Gasteiger partial charge in [0.25, 0.3) is 5.69 Å². The van der Waals surface area contributed by atoms with Crippen LogP contribution in [0, 0.1) is 10.1 Å². The molecule has 0 saturated heterocycles. The average Bonchev–Trinajstić information content (AvgIpc) is 2.54. The monoisotopic (exact) mass is 332 g/mol. The predicted molar refractivity (Wildman–Crippen MR) is 84.8 cm³/mol. The minimum atomic E-state index is -1.12. The zero-order valence-corrected chi connectivity index (χ0v) is 12.5. The molecular weight excluding hydrogens is 316 g/mol. The number of hydrogen-bond acceptors (Lipinski definition) is 6. The number of nitro benzene ring substituents is 1. The number of carboxylic acid groups (broad SMARTS) is 1. The van der Waals surface area contributed by atoms with Gasteiger partial charge in [0.15, 0.2) is 11.5 Å². The van der Waals surface area contributed by atoms with Gasteiger partial charge in [-0.25, -0.2) is 0 Å². The summed E-state index contributed by atoms with van der Waals surface area (Å²) in [5.74, 6) is -1.75. The van der Waals surface area contributed by atoms with Crippen LogP contribution >= 0.6 is 0 Å². The summed E-state index contributed by atoms with van der Waals surface area (Å²) in [6.07, 6.45) is 0.0454. The largest absolute Gasteiger partial charge is 0.504 e. The Morgan fingerprint density at radius 3 is 2.50 bits per heavy atom. The van der Waals surface area contributed by atoms with Crippen molar-refractivity contribution in [2.45, 2.75) is 19.0 Å². The molecule has 2 rings (SSSR count). The third-order valence-corrected chi connectivity index (χ3v) is 3.50. The Hall–Kier alpha value is -3.13. The molecule has 24 heavy (non-hydrogen) atoms. The molecule has 1 atom stereocenters. The zero-order chi connectivity index (χ0) is 17.7. The maximum atomic E-state index is 11.4. The molecule has 0 saturated carbocycles. The molecule has 0 bridgehead atoms. The summed E-state index contributed by atoms with van der Waals surface area (Å²) in [6, 6.07) is 9.11. The first-order valence-electron chi connectivity index (χ1n) is 7.08. The molecule has 0 unspecified atom stereocenters. The first kappa shape index (κ1) is 17.2. The molecule has 0 heterocycles. The van der Waals surface area contributed by atoms with Crippen molar-refractivity contribution in [1.29, 1.82) is 0 Å². The quantitative estimate of drug-likeness (QED) is 0.345. The van der Waals surface area contributed by atoms with Gasteiger partial charge in [0.05, 0.1) is 4.92 Å². The topological polar surface area (TPSA) is 133 Å². The Kier molecular flexibility index (Phi) is 5.33. The van der Waals surface area contributed by atoms with E-state index < -0.39 is 16.9 Å². The van der Waals surface area contributed by atoms with E-state index in [0.717, 1.165) is 0 Å². The minimum absolute atomic E-state index is 0.0121. The van der Waals surface area contributed by atoms with Gasteiger partial charge in [-0.3, -0.25) is 20.2 Å². The molecule has 0 aliphatic heterocycles. The second-order valence-electron chi connectivity index (χ2n) is 5.18. The number of para-hydroxylation sites is 1. The molecule has 0 fully saturated rings. The number of aromatic hydroxyl groups is 2. The van der Waals surface area contributed by atoms with Crippen molar-refractivity contribution < 1.29 is 25.0 Å². The van der Waals surface area contributed by atoms with Crippen LogP contribution in [0.1, 0.15) is 11.1 Å². The van der Waals surface area contributed by atoms with Crippen molar-refractivity contribution in [2.24, 2.45) is 0 Å². The smallest absolute Gasteiger partial charge is 0.321 e. The fourth-order valence-corrected chi connectivity index (χ4v) is 2.25. The zero-order valence-electron chi connectivity index (χ0n) is 12.5. The van der Waals surface area contributed by atoms with Crippen LogP contribution in [0.4, 0.5) is 5.69 Å². The van der Waals surface area contributed by atoms with E-state index in [0.29, 0.717) is 11.1 Å². The number of phenolic OH excluding ortho intramolecular Hbond substituents is 2. The van der Waals surface area contributed by atoms with Gasteiger partial charge in [-0.2, -0.15) is 0 Å². The number of nitro groups is 1. The van der Waals surface area contributed by atoms with Crippen LogP contribution in [-0.2, 0) is 17.8 Å². The van der Waals surface area contributed by atoms with E-state index in [-0.39, 0.29) is 30.2 Å². The highest BCUT2D eigenvalue weighted by Crippen LogP contribution is 2.25. The molecule has 0 aliphatic carbocycles. The number of carboxylic acids is 1. The maximum absolute atomic E-state index is 11.4. The maximum Gasteiger partial charge on any atom is 0.321 e.